The predicted octanol–water partition coefficient (Wildman–Crippen LogP) is 2.17. The van der Waals surface area contributed by atoms with E-state index in [-0.39, 0.29) is 5.91 Å². The van der Waals surface area contributed by atoms with Crippen LogP contribution in [0.4, 0.5) is 0 Å². The average Bonchev–Trinajstić information content (AvgIpc) is 2.10. The molecule has 0 rings (SSSR count). The minimum Gasteiger partial charge on any atom is -0.355 e. The van der Waals surface area contributed by atoms with Gasteiger partial charge in [-0.3, -0.25) is 4.79 Å². The molecule has 0 saturated heterocycles. The van der Waals surface area contributed by atoms with Gasteiger partial charge in [0, 0.05) is 6.54 Å². The first kappa shape index (κ1) is 15.4. The summed E-state index contributed by atoms with van der Waals surface area (Å²) in [5, 5.41) is 6.08. The van der Waals surface area contributed by atoms with Gasteiger partial charge in [-0.2, -0.15) is 0 Å². The Kier molecular flexibility index (Phi) is 7.39. The van der Waals surface area contributed by atoms with Crippen molar-refractivity contribution in [2.24, 2.45) is 11.3 Å². The number of hydrogen-bond acceptors (Lipinski definition) is 2. The van der Waals surface area contributed by atoms with E-state index < -0.39 is 0 Å². The van der Waals surface area contributed by atoms with Gasteiger partial charge in [0.25, 0.3) is 0 Å². The zero-order chi connectivity index (χ0) is 12.6. The summed E-state index contributed by atoms with van der Waals surface area (Å²) in [4.78, 5) is 11.4. The number of amides is 1. The van der Waals surface area contributed by atoms with Crippen LogP contribution in [0, 0.1) is 11.3 Å². The molecule has 96 valence electrons. The number of carbonyl (C=O) groups is 1. The first-order valence-electron chi connectivity index (χ1n) is 6.28. The molecule has 0 unspecified atom stereocenters. The highest BCUT2D eigenvalue weighted by Gasteiger charge is 2.09. The van der Waals surface area contributed by atoms with Gasteiger partial charge in [-0.15, -0.1) is 0 Å². The number of nitrogens with one attached hydrogen (secondary N) is 2. The van der Waals surface area contributed by atoms with Crippen LogP contribution in [0.2, 0.25) is 0 Å². The van der Waals surface area contributed by atoms with Crippen LogP contribution < -0.4 is 10.6 Å². The van der Waals surface area contributed by atoms with Crippen LogP contribution in [0.1, 0.15) is 47.5 Å². The molecular formula is C13H28N2O. The van der Waals surface area contributed by atoms with Crippen molar-refractivity contribution in [1.29, 1.82) is 0 Å². The van der Waals surface area contributed by atoms with Crippen LogP contribution in [-0.4, -0.2) is 25.5 Å². The van der Waals surface area contributed by atoms with E-state index in [1.54, 1.807) is 0 Å². The number of carbonyl (C=O) groups excluding carboxylic acids is 1. The molecule has 0 aliphatic heterocycles. The van der Waals surface area contributed by atoms with E-state index in [4.69, 9.17) is 0 Å². The summed E-state index contributed by atoms with van der Waals surface area (Å²) >= 11 is 0. The normalized spacial score (nSPS) is 11.9. The number of rotatable bonds is 7. The van der Waals surface area contributed by atoms with Gasteiger partial charge in [0.05, 0.1) is 6.54 Å². The summed E-state index contributed by atoms with van der Waals surface area (Å²) in [6.07, 6.45) is 2.14. The Hall–Kier alpha value is -0.570. The van der Waals surface area contributed by atoms with Crippen molar-refractivity contribution in [3.63, 3.8) is 0 Å². The second kappa shape index (κ2) is 7.66. The van der Waals surface area contributed by atoms with E-state index in [2.05, 4.69) is 45.3 Å². The molecule has 0 spiro atoms. The van der Waals surface area contributed by atoms with Crippen molar-refractivity contribution < 1.29 is 4.79 Å². The summed E-state index contributed by atoms with van der Waals surface area (Å²) in [7, 11) is 0. The first-order valence-corrected chi connectivity index (χ1v) is 6.28. The largest absolute Gasteiger partial charge is 0.355 e. The second-order valence-corrected chi connectivity index (χ2v) is 6.02. The standard InChI is InChI=1S/C13H28N2O/c1-11(2)6-8-15-12(16)10-14-9-7-13(3,4)5/h11,14H,6-10H2,1-5H3,(H,15,16). The molecule has 3 heteroatoms. The van der Waals surface area contributed by atoms with Crippen molar-refractivity contribution in [3.8, 4) is 0 Å². The topological polar surface area (TPSA) is 41.1 Å². The maximum atomic E-state index is 11.4. The average molecular weight is 228 g/mol. The second-order valence-electron chi connectivity index (χ2n) is 6.02. The molecule has 0 aromatic heterocycles. The van der Waals surface area contributed by atoms with Crippen LogP contribution in [0.3, 0.4) is 0 Å². The van der Waals surface area contributed by atoms with Gasteiger partial charge >= 0.3 is 0 Å². The van der Waals surface area contributed by atoms with Gasteiger partial charge < -0.3 is 10.6 Å². The minimum absolute atomic E-state index is 0.106. The lowest BCUT2D eigenvalue weighted by atomic mass is 9.92. The van der Waals surface area contributed by atoms with Crippen molar-refractivity contribution in [1.82, 2.24) is 10.6 Å². The van der Waals surface area contributed by atoms with Crippen molar-refractivity contribution in [2.75, 3.05) is 19.6 Å². The fourth-order valence-corrected chi connectivity index (χ4v) is 1.23. The molecule has 0 fully saturated rings. The predicted molar refractivity (Wildman–Crippen MR) is 69.4 cm³/mol. The summed E-state index contributed by atoms with van der Waals surface area (Å²) in [5.74, 6) is 0.753. The molecule has 0 aromatic carbocycles. The molecule has 2 N–H and O–H groups in total. The Labute approximate surface area is 100 Å². The molecule has 0 saturated carbocycles. The Morgan fingerprint density at radius 3 is 2.31 bits per heavy atom. The Bertz CT molecular complexity index is 195. The van der Waals surface area contributed by atoms with Gasteiger partial charge in [0.1, 0.15) is 0 Å². The molecule has 0 aromatic rings. The van der Waals surface area contributed by atoms with E-state index in [9.17, 15) is 4.79 Å². The maximum Gasteiger partial charge on any atom is 0.233 e. The van der Waals surface area contributed by atoms with E-state index in [1.165, 1.54) is 0 Å². The van der Waals surface area contributed by atoms with Crippen LogP contribution in [0.5, 0.6) is 0 Å². The van der Waals surface area contributed by atoms with E-state index in [0.717, 1.165) is 25.9 Å². The molecule has 0 aliphatic carbocycles. The van der Waals surface area contributed by atoms with Crippen LogP contribution in [-0.2, 0) is 4.79 Å². The van der Waals surface area contributed by atoms with E-state index in [0.29, 0.717) is 17.9 Å². The van der Waals surface area contributed by atoms with Crippen LogP contribution in [0.15, 0.2) is 0 Å². The highest BCUT2D eigenvalue weighted by Crippen LogP contribution is 2.16. The molecule has 0 heterocycles. The lowest BCUT2D eigenvalue weighted by molar-refractivity contribution is -0.120. The summed E-state index contributed by atoms with van der Waals surface area (Å²) in [5.41, 5.74) is 0.334. The molecule has 0 atom stereocenters. The molecular weight excluding hydrogens is 200 g/mol. The lowest BCUT2D eigenvalue weighted by Crippen LogP contribution is -2.35. The highest BCUT2D eigenvalue weighted by atomic mass is 16.1. The van der Waals surface area contributed by atoms with Crippen molar-refractivity contribution in [3.05, 3.63) is 0 Å². The van der Waals surface area contributed by atoms with Gasteiger partial charge in [-0.05, 0) is 30.7 Å². The Balaban J connectivity index is 3.38. The van der Waals surface area contributed by atoms with E-state index in [1.807, 2.05) is 0 Å². The molecule has 0 radical (unpaired) electrons. The zero-order valence-corrected chi connectivity index (χ0v) is 11.5. The summed E-state index contributed by atoms with van der Waals surface area (Å²) < 4.78 is 0. The minimum atomic E-state index is 0.106. The lowest BCUT2D eigenvalue weighted by Gasteiger charge is -2.18. The fourth-order valence-electron chi connectivity index (χ4n) is 1.23. The van der Waals surface area contributed by atoms with Crippen molar-refractivity contribution in [2.45, 2.75) is 47.5 Å². The first-order chi connectivity index (χ1) is 7.31. The smallest absolute Gasteiger partial charge is 0.233 e. The quantitative estimate of drug-likeness (QED) is 0.656. The Morgan fingerprint density at radius 1 is 1.19 bits per heavy atom. The zero-order valence-electron chi connectivity index (χ0n) is 11.5. The molecule has 3 nitrogen and oxygen atoms in total. The van der Waals surface area contributed by atoms with Crippen LogP contribution >= 0.6 is 0 Å². The van der Waals surface area contributed by atoms with Gasteiger partial charge in [-0.25, -0.2) is 0 Å². The van der Waals surface area contributed by atoms with Gasteiger partial charge in [0.15, 0.2) is 0 Å². The summed E-state index contributed by atoms with van der Waals surface area (Å²) in [6.45, 7) is 13.1. The van der Waals surface area contributed by atoms with Crippen LogP contribution in [0.25, 0.3) is 0 Å². The number of hydrogen-bond donors (Lipinski definition) is 2. The molecule has 16 heavy (non-hydrogen) atoms. The highest BCUT2D eigenvalue weighted by molar-refractivity contribution is 5.77. The molecule has 0 bridgehead atoms. The SMILES string of the molecule is CC(C)CCNC(=O)CNCCC(C)(C)C. The maximum absolute atomic E-state index is 11.4. The van der Waals surface area contributed by atoms with Crippen molar-refractivity contribution >= 4 is 5.91 Å². The third-order valence-electron chi connectivity index (χ3n) is 2.38. The van der Waals surface area contributed by atoms with Gasteiger partial charge in [-0.1, -0.05) is 34.6 Å². The van der Waals surface area contributed by atoms with Gasteiger partial charge in [0.2, 0.25) is 5.91 Å². The fraction of sp³-hybridized carbons (Fsp3) is 0.923. The van der Waals surface area contributed by atoms with E-state index >= 15 is 0 Å². The third kappa shape index (κ3) is 11.5. The third-order valence-corrected chi connectivity index (χ3v) is 2.38. The monoisotopic (exact) mass is 228 g/mol. The molecule has 1 amide bonds. The summed E-state index contributed by atoms with van der Waals surface area (Å²) in [6, 6.07) is 0. The molecule has 0 aliphatic rings. The Morgan fingerprint density at radius 2 is 1.81 bits per heavy atom.